The summed E-state index contributed by atoms with van der Waals surface area (Å²) in [6.45, 7) is 2.13. The molecule has 2 nitrogen and oxygen atoms in total. The molecule has 0 unspecified atom stereocenters. The zero-order chi connectivity index (χ0) is 12.1. The molecule has 0 heterocycles. The molecule has 0 atom stereocenters. The predicted molar refractivity (Wildman–Crippen MR) is 68.2 cm³/mol. The Morgan fingerprint density at radius 1 is 1.24 bits per heavy atom. The molecule has 0 amide bonds. The van der Waals surface area contributed by atoms with E-state index in [1.807, 2.05) is 12.1 Å². The Kier molecular flexibility index (Phi) is 4.18. The smallest absolute Gasteiger partial charge is 0.311 e. The van der Waals surface area contributed by atoms with Gasteiger partial charge in [0.05, 0.1) is 0 Å². The molecule has 0 spiro atoms. The highest BCUT2D eigenvalue weighted by molar-refractivity contribution is 5.72. The molecule has 1 aliphatic rings. The molecule has 0 aromatic heterocycles. The fourth-order valence-corrected chi connectivity index (χ4v) is 2.31. The van der Waals surface area contributed by atoms with Crippen molar-refractivity contribution in [2.24, 2.45) is 0 Å². The summed E-state index contributed by atoms with van der Waals surface area (Å²) in [4.78, 5) is 11.6. The molecule has 2 rings (SSSR count). The van der Waals surface area contributed by atoms with E-state index in [1.165, 1.54) is 24.0 Å². The van der Waals surface area contributed by atoms with E-state index < -0.39 is 0 Å². The largest absolute Gasteiger partial charge is 0.427 e. The van der Waals surface area contributed by atoms with Gasteiger partial charge in [-0.1, -0.05) is 25.8 Å². The molecule has 1 aliphatic carbocycles. The number of unbranched alkanes of at least 4 members (excludes halogenated alkanes) is 2. The van der Waals surface area contributed by atoms with Crippen LogP contribution in [0.5, 0.6) is 5.75 Å². The zero-order valence-electron chi connectivity index (χ0n) is 10.5. The third-order valence-electron chi connectivity index (χ3n) is 3.29. The van der Waals surface area contributed by atoms with E-state index in [0.717, 1.165) is 25.7 Å². The monoisotopic (exact) mass is 232 g/mol. The van der Waals surface area contributed by atoms with E-state index in [4.69, 9.17) is 4.74 Å². The minimum absolute atomic E-state index is 0.101. The Labute approximate surface area is 103 Å². The van der Waals surface area contributed by atoms with E-state index >= 15 is 0 Å². The lowest BCUT2D eigenvalue weighted by Crippen LogP contribution is -2.07. The Morgan fingerprint density at radius 2 is 2.06 bits per heavy atom. The lowest BCUT2D eigenvalue weighted by molar-refractivity contribution is -0.134. The van der Waals surface area contributed by atoms with Gasteiger partial charge < -0.3 is 4.74 Å². The maximum atomic E-state index is 11.6. The summed E-state index contributed by atoms with van der Waals surface area (Å²) < 4.78 is 5.35. The van der Waals surface area contributed by atoms with E-state index in [-0.39, 0.29) is 5.97 Å². The van der Waals surface area contributed by atoms with Gasteiger partial charge in [-0.3, -0.25) is 4.79 Å². The van der Waals surface area contributed by atoms with E-state index in [0.29, 0.717) is 12.2 Å². The molecule has 0 saturated heterocycles. The average molecular weight is 232 g/mol. The second kappa shape index (κ2) is 5.85. The Bertz CT molecular complexity index is 396. The van der Waals surface area contributed by atoms with Crippen molar-refractivity contribution in [2.45, 2.75) is 51.9 Å². The van der Waals surface area contributed by atoms with Crippen LogP contribution in [-0.4, -0.2) is 5.97 Å². The Balaban J connectivity index is 1.88. The van der Waals surface area contributed by atoms with Crippen molar-refractivity contribution in [3.63, 3.8) is 0 Å². The van der Waals surface area contributed by atoms with E-state index in [1.54, 1.807) is 0 Å². The standard InChI is InChI=1S/C15H20O2/c1-2-3-4-8-15(16)17-14-10-9-12-6-5-7-13(12)11-14/h9-11H,2-8H2,1H3. The fourth-order valence-electron chi connectivity index (χ4n) is 2.31. The molecule has 0 bridgehead atoms. The summed E-state index contributed by atoms with van der Waals surface area (Å²) in [5, 5.41) is 0. The van der Waals surface area contributed by atoms with Gasteiger partial charge in [0.25, 0.3) is 0 Å². The van der Waals surface area contributed by atoms with Gasteiger partial charge in [0.1, 0.15) is 5.75 Å². The first kappa shape index (κ1) is 12.2. The van der Waals surface area contributed by atoms with E-state index in [2.05, 4.69) is 13.0 Å². The van der Waals surface area contributed by atoms with Crippen LogP contribution in [0.1, 0.15) is 50.2 Å². The number of rotatable bonds is 5. The van der Waals surface area contributed by atoms with Gasteiger partial charge in [0.2, 0.25) is 0 Å². The quantitative estimate of drug-likeness (QED) is 0.440. The molecule has 2 heteroatoms. The van der Waals surface area contributed by atoms with Gasteiger partial charge in [-0.2, -0.15) is 0 Å². The summed E-state index contributed by atoms with van der Waals surface area (Å²) in [7, 11) is 0. The van der Waals surface area contributed by atoms with Gasteiger partial charge in [0, 0.05) is 6.42 Å². The Morgan fingerprint density at radius 3 is 2.88 bits per heavy atom. The van der Waals surface area contributed by atoms with Gasteiger partial charge in [-0.05, 0) is 48.9 Å². The van der Waals surface area contributed by atoms with Crippen LogP contribution < -0.4 is 4.74 Å². The number of ether oxygens (including phenoxy) is 1. The minimum atomic E-state index is -0.101. The number of fused-ring (bicyclic) bond motifs is 1. The minimum Gasteiger partial charge on any atom is -0.427 e. The van der Waals surface area contributed by atoms with Crippen LogP contribution in [-0.2, 0) is 17.6 Å². The second-order valence-electron chi connectivity index (χ2n) is 4.72. The zero-order valence-corrected chi connectivity index (χ0v) is 10.5. The number of hydrogen-bond donors (Lipinski definition) is 0. The van der Waals surface area contributed by atoms with Crippen LogP contribution in [0.3, 0.4) is 0 Å². The highest BCUT2D eigenvalue weighted by Gasteiger charge is 2.12. The molecule has 0 aliphatic heterocycles. The molecule has 92 valence electrons. The molecule has 1 aromatic rings. The molecule has 0 fully saturated rings. The first-order valence-corrected chi connectivity index (χ1v) is 6.62. The fraction of sp³-hybridized carbons (Fsp3) is 0.533. The average Bonchev–Trinajstić information content (AvgIpc) is 2.76. The van der Waals surface area contributed by atoms with Crippen molar-refractivity contribution in [3.05, 3.63) is 29.3 Å². The number of hydrogen-bond acceptors (Lipinski definition) is 2. The second-order valence-corrected chi connectivity index (χ2v) is 4.72. The number of benzene rings is 1. The topological polar surface area (TPSA) is 26.3 Å². The van der Waals surface area contributed by atoms with Crippen LogP contribution in [0.15, 0.2) is 18.2 Å². The van der Waals surface area contributed by atoms with Crippen LogP contribution in [0.25, 0.3) is 0 Å². The lowest BCUT2D eigenvalue weighted by Gasteiger charge is -2.06. The third-order valence-corrected chi connectivity index (χ3v) is 3.29. The highest BCUT2D eigenvalue weighted by Crippen LogP contribution is 2.26. The first-order chi connectivity index (χ1) is 8.29. The number of carbonyl (C=O) groups excluding carboxylic acids is 1. The molecule has 1 aromatic carbocycles. The summed E-state index contributed by atoms with van der Waals surface area (Å²) in [5.41, 5.74) is 2.76. The first-order valence-electron chi connectivity index (χ1n) is 6.62. The molecule has 0 saturated carbocycles. The van der Waals surface area contributed by atoms with Crippen LogP contribution in [0.4, 0.5) is 0 Å². The van der Waals surface area contributed by atoms with Crippen LogP contribution in [0.2, 0.25) is 0 Å². The van der Waals surface area contributed by atoms with Crippen molar-refractivity contribution in [3.8, 4) is 5.75 Å². The summed E-state index contributed by atoms with van der Waals surface area (Å²) in [6, 6.07) is 6.04. The SMILES string of the molecule is CCCCCC(=O)Oc1ccc2c(c1)CCC2. The maximum Gasteiger partial charge on any atom is 0.311 e. The number of esters is 1. The van der Waals surface area contributed by atoms with Crippen molar-refractivity contribution in [1.82, 2.24) is 0 Å². The molecule has 0 N–H and O–H groups in total. The van der Waals surface area contributed by atoms with Crippen molar-refractivity contribution in [1.29, 1.82) is 0 Å². The molecular weight excluding hydrogens is 212 g/mol. The molecule has 0 radical (unpaired) electrons. The van der Waals surface area contributed by atoms with Crippen molar-refractivity contribution >= 4 is 5.97 Å². The lowest BCUT2D eigenvalue weighted by atomic mass is 10.1. The number of carbonyl (C=O) groups is 1. The number of aryl methyl sites for hydroxylation is 2. The van der Waals surface area contributed by atoms with Crippen LogP contribution >= 0.6 is 0 Å². The summed E-state index contributed by atoms with van der Waals surface area (Å²) in [6.07, 6.45) is 7.20. The third kappa shape index (κ3) is 3.32. The molecular formula is C15H20O2. The maximum absolute atomic E-state index is 11.6. The van der Waals surface area contributed by atoms with Gasteiger partial charge >= 0.3 is 5.97 Å². The van der Waals surface area contributed by atoms with Gasteiger partial charge in [0.15, 0.2) is 0 Å². The van der Waals surface area contributed by atoms with Crippen molar-refractivity contribution in [2.75, 3.05) is 0 Å². The van der Waals surface area contributed by atoms with Gasteiger partial charge in [-0.15, -0.1) is 0 Å². The summed E-state index contributed by atoms with van der Waals surface area (Å²) >= 11 is 0. The van der Waals surface area contributed by atoms with Crippen molar-refractivity contribution < 1.29 is 9.53 Å². The molecule has 17 heavy (non-hydrogen) atoms. The van der Waals surface area contributed by atoms with Gasteiger partial charge in [-0.25, -0.2) is 0 Å². The highest BCUT2D eigenvalue weighted by atomic mass is 16.5. The summed E-state index contributed by atoms with van der Waals surface area (Å²) in [5.74, 6) is 0.614. The van der Waals surface area contributed by atoms with Crippen LogP contribution in [0, 0.1) is 0 Å². The predicted octanol–water partition coefficient (Wildman–Crippen LogP) is 3.66. The van der Waals surface area contributed by atoms with E-state index in [9.17, 15) is 4.79 Å². The normalized spacial score (nSPS) is 13.5. The Hall–Kier alpha value is -1.31.